The molecule has 5 heteroatoms. The van der Waals surface area contributed by atoms with Crippen LogP contribution in [-0.4, -0.2) is 62.4 Å². The summed E-state index contributed by atoms with van der Waals surface area (Å²) < 4.78 is 0. The molecule has 2 amide bonds. The van der Waals surface area contributed by atoms with Crippen molar-refractivity contribution in [2.75, 3.05) is 40.8 Å². The molecule has 0 saturated carbocycles. The van der Waals surface area contributed by atoms with Crippen molar-refractivity contribution in [1.29, 1.82) is 0 Å². The van der Waals surface area contributed by atoms with Gasteiger partial charge in [0.05, 0.1) is 0 Å². The fraction of sp³-hybridized carbons (Fsp3) is 0.833. The van der Waals surface area contributed by atoms with Crippen LogP contribution in [0.5, 0.6) is 0 Å². The predicted molar refractivity (Wildman–Crippen MR) is 68.7 cm³/mol. The molecule has 0 radical (unpaired) electrons. The molecule has 0 bridgehead atoms. The van der Waals surface area contributed by atoms with E-state index in [0.717, 1.165) is 25.9 Å². The Morgan fingerprint density at radius 2 is 1.76 bits per heavy atom. The molecular weight excluding hydrogens is 218 g/mol. The van der Waals surface area contributed by atoms with E-state index in [1.165, 1.54) is 0 Å². The molecule has 1 N–H and O–H groups in total. The summed E-state index contributed by atoms with van der Waals surface area (Å²) >= 11 is 0. The molecule has 0 atom stereocenters. The first-order valence-corrected chi connectivity index (χ1v) is 6.12. The summed E-state index contributed by atoms with van der Waals surface area (Å²) in [6.07, 6.45) is 1.98. The van der Waals surface area contributed by atoms with E-state index in [1.54, 1.807) is 11.9 Å². The minimum Gasteiger partial charge on any atom is -0.354 e. The van der Waals surface area contributed by atoms with Crippen LogP contribution < -0.4 is 5.32 Å². The van der Waals surface area contributed by atoms with E-state index < -0.39 is 0 Å². The van der Waals surface area contributed by atoms with Gasteiger partial charge in [-0.05, 0) is 20.5 Å². The largest absolute Gasteiger partial charge is 0.354 e. The Morgan fingerprint density at radius 3 is 2.29 bits per heavy atom. The van der Waals surface area contributed by atoms with Crippen molar-refractivity contribution in [3.8, 4) is 0 Å². The molecular formula is C12H25N3O2. The van der Waals surface area contributed by atoms with Gasteiger partial charge in [-0.3, -0.25) is 9.59 Å². The molecule has 0 rings (SSSR count). The van der Waals surface area contributed by atoms with Gasteiger partial charge in [0.25, 0.3) is 0 Å². The zero-order valence-electron chi connectivity index (χ0n) is 11.5. The van der Waals surface area contributed by atoms with Gasteiger partial charge in [0, 0.05) is 26.7 Å². The number of hydrogen-bond acceptors (Lipinski definition) is 3. The van der Waals surface area contributed by atoms with E-state index in [4.69, 9.17) is 0 Å². The molecule has 5 nitrogen and oxygen atoms in total. The molecule has 0 heterocycles. The smallest absolute Gasteiger partial charge is 0.231 e. The Kier molecular flexibility index (Phi) is 8.40. The molecule has 17 heavy (non-hydrogen) atoms. The van der Waals surface area contributed by atoms with Crippen LogP contribution >= 0.6 is 0 Å². The zero-order chi connectivity index (χ0) is 13.3. The predicted octanol–water partition coefficient (Wildman–Crippen LogP) is 0.313. The third kappa shape index (κ3) is 8.68. The number of unbranched alkanes of at least 4 members (excludes halogenated alkanes) is 1. The first-order valence-electron chi connectivity index (χ1n) is 6.12. The molecule has 0 saturated heterocycles. The maximum Gasteiger partial charge on any atom is 0.231 e. The van der Waals surface area contributed by atoms with Crippen LogP contribution in [0, 0.1) is 0 Å². The molecule has 0 unspecified atom stereocenters. The number of nitrogens with one attached hydrogen (secondary N) is 1. The lowest BCUT2D eigenvalue weighted by atomic mass is 10.3. The number of rotatable bonds is 8. The highest BCUT2D eigenvalue weighted by molar-refractivity contribution is 5.96. The summed E-state index contributed by atoms with van der Waals surface area (Å²) in [5, 5.41) is 2.73. The molecule has 0 aliphatic rings. The van der Waals surface area contributed by atoms with Gasteiger partial charge >= 0.3 is 0 Å². The lowest BCUT2D eigenvalue weighted by Gasteiger charge is -2.16. The normalized spacial score (nSPS) is 10.4. The maximum atomic E-state index is 11.6. The number of hydrogen-bond donors (Lipinski definition) is 1. The Hall–Kier alpha value is -1.10. The highest BCUT2D eigenvalue weighted by Gasteiger charge is 2.12. The zero-order valence-corrected chi connectivity index (χ0v) is 11.5. The van der Waals surface area contributed by atoms with Crippen LogP contribution in [0.4, 0.5) is 0 Å². The van der Waals surface area contributed by atoms with Crippen LogP contribution in [-0.2, 0) is 9.59 Å². The van der Waals surface area contributed by atoms with Crippen molar-refractivity contribution in [1.82, 2.24) is 15.1 Å². The molecule has 0 fully saturated rings. The Morgan fingerprint density at radius 1 is 1.12 bits per heavy atom. The van der Waals surface area contributed by atoms with Crippen molar-refractivity contribution in [3.05, 3.63) is 0 Å². The van der Waals surface area contributed by atoms with Crippen LogP contribution in [0.3, 0.4) is 0 Å². The Balaban J connectivity index is 3.75. The van der Waals surface area contributed by atoms with Gasteiger partial charge < -0.3 is 15.1 Å². The fourth-order valence-electron chi connectivity index (χ4n) is 1.27. The average Bonchev–Trinajstić information content (AvgIpc) is 2.25. The highest BCUT2D eigenvalue weighted by atomic mass is 16.2. The second kappa shape index (κ2) is 8.98. The number of carbonyl (C=O) groups excluding carboxylic acids is 2. The summed E-state index contributed by atoms with van der Waals surface area (Å²) in [6.45, 7) is 4.16. The van der Waals surface area contributed by atoms with E-state index in [9.17, 15) is 9.59 Å². The first-order chi connectivity index (χ1) is 7.97. The molecule has 0 aliphatic carbocycles. The lowest BCUT2D eigenvalue weighted by molar-refractivity contribution is -0.135. The van der Waals surface area contributed by atoms with Crippen molar-refractivity contribution in [2.45, 2.75) is 26.2 Å². The second-order valence-electron chi connectivity index (χ2n) is 4.50. The Labute approximate surface area is 104 Å². The molecule has 0 aromatic carbocycles. The second-order valence-corrected chi connectivity index (χ2v) is 4.50. The van der Waals surface area contributed by atoms with Crippen molar-refractivity contribution >= 4 is 11.8 Å². The standard InChI is InChI=1S/C12H25N3O2/c1-5-6-8-15(4)12(17)10-11(16)13-7-9-14(2)3/h5-10H2,1-4H3,(H,13,16). The van der Waals surface area contributed by atoms with E-state index in [2.05, 4.69) is 12.2 Å². The third-order valence-corrected chi connectivity index (χ3v) is 2.47. The van der Waals surface area contributed by atoms with Crippen molar-refractivity contribution in [3.63, 3.8) is 0 Å². The minimum absolute atomic E-state index is 0.0480. The summed E-state index contributed by atoms with van der Waals surface area (Å²) in [5.74, 6) is -0.305. The summed E-state index contributed by atoms with van der Waals surface area (Å²) in [7, 11) is 5.62. The summed E-state index contributed by atoms with van der Waals surface area (Å²) in [4.78, 5) is 26.6. The summed E-state index contributed by atoms with van der Waals surface area (Å²) in [5.41, 5.74) is 0. The van der Waals surface area contributed by atoms with Gasteiger partial charge in [-0.15, -0.1) is 0 Å². The quantitative estimate of drug-likeness (QED) is 0.624. The SMILES string of the molecule is CCCCN(C)C(=O)CC(=O)NCCN(C)C. The topological polar surface area (TPSA) is 52.7 Å². The number of carbonyl (C=O) groups is 2. The summed E-state index contributed by atoms with van der Waals surface area (Å²) in [6, 6.07) is 0. The van der Waals surface area contributed by atoms with Crippen molar-refractivity contribution < 1.29 is 9.59 Å². The molecule has 0 aromatic heterocycles. The average molecular weight is 243 g/mol. The lowest BCUT2D eigenvalue weighted by Crippen LogP contribution is -2.36. The van der Waals surface area contributed by atoms with Gasteiger partial charge in [-0.25, -0.2) is 0 Å². The van der Waals surface area contributed by atoms with Crippen LogP contribution in [0.15, 0.2) is 0 Å². The number of nitrogens with zero attached hydrogens (tertiary/aromatic N) is 2. The van der Waals surface area contributed by atoms with Gasteiger partial charge in [-0.1, -0.05) is 13.3 Å². The Bertz CT molecular complexity index is 242. The van der Waals surface area contributed by atoms with Crippen LogP contribution in [0.25, 0.3) is 0 Å². The van der Waals surface area contributed by atoms with Gasteiger partial charge in [0.15, 0.2) is 0 Å². The van der Waals surface area contributed by atoms with Gasteiger partial charge in [-0.2, -0.15) is 0 Å². The maximum absolute atomic E-state index is 11.6. The van der Waals surface area contributed by atoms with E-state index in [1.807, 2.05) is 19.0 Å². The molecule has 0 aliphatic heterocycles. The van der Waals surface area contributed by atoms with Crippen LogP contribution in [0.1, 0.15) is 26.2 Å². The van der Waals surface area contributed by atoms with Gasteiger partial charge in [0.1, 0.15) is 6.42 Å². The van der Waals surface area contributed by atoms with E-state index >= 15 is 0 Å². The number of likely N-dealkylation sites (N-methyl/N-ethyl adjacent to an activating group) is 1. The minimum atomic E-state index is -0.194. The third-order valence-electron chi connectivity index (χ3n) is 2.47. The monoisotopic (exact) mass is 243 g/mol. The van der Waals surface area contributed by atoms with Crippen molar-refractivity contribution in [2.24, 2.45) is 0 Å². The molecule has 0 spiro atoms. The highest BCUT2D eigenvalue weighted by Crippen LogP contribution is 1.95. The first kappa shape index (κ1) is 15.9. The van der Waals surface area contributed by atoms with Crippen LogP contribution in [0.2, 0.25) is 0 Å². The van der Waals surface area contributed by atoms with E-state index in [-0.39, 0.29) is 18.2 Å². The van der Waals surface area contributed by atoms with E-state index in [0.29, 0.717) is 6.54 Å². The molecule has 0 aromatic rings. The number of amides is 2. The fourth-order valence-corrected chi connectivity index (χ4v) is 1.27. The van der Waals surface area contributed by atoms with Gasteiger partial charge in [0.2, 0.25) is 11.8 Å². The molecule has 100 valence electrons.